The minimum absolute atomic E-state index is 0.00480. The first kappa shape index (κ1) is 41.3. The fraction of sp³-hybridized carbons (Fsp3) is 0.708. The Balaban J connectivity index is 0.000000267. The second-order valence-electron chi connectivity index (χ2n) is 31.1. The molecule has 0 radical (unpaired) electrons. The van der Waals surface area contributed by atoms with E-state index in [2.05, 4.69) is 0 Å². The number of nitrogens with zero attached hydrogens (tertiary/aromatic N) is 4. The van der Waals surface area contributed by atoms with Crippen LogP contribution in [0.1, 0.15) is 318 Å². The van der Waals surface area contributed by atoms with Crippen LogP contribution in [0.15, 0.2) is 48.5 Å². The Bertz CT molecular complexity index is 6850. The number of fused-ring (bicyclic) bond motifs is 12. The van der Waals surface area contributed by atoms with Crippen molar-refractivity contribution in [3.05, 3.63) is 93.0 Å². The van der Waals surface area contributed by atoms with Crippen molar-refractivity contribution in [2.45, 2.75) is 260 Å². The first-order valence-electron chi connectivity index (χ1n) is 70.4. The Morgan fingerprint density at radius 1 is 0.350 bits per heavy atom. The van der Waals surface area contributed by atoms with Gasteiger partial charge in [0.25, 0.3) is 0 Å². The lowest BCUT2D eigenvalue weighted by Crippen LogP contribution is -2.51. The van der Waals surface area contributed by atoms with Crippen LogP contribution >= 0.6 is 0 Å². The number of esters is 4. The van der Waals surface area contributed by atoms with E-state index in [1.54, 1.807) is 55.4 Å². The third kappa shape index (κ3) is 23.8. The summed E-state index contributed by atoms with van der Waals surface area (Å²) >= 11 is 0. The molecule has 0 bridgehead atoms. The predicted octanol–water partition coefficient (Wildman–Crippen LogP) is 14.3. The predicted molar refractivity (Wildman–Crippen MR) is 471 cm³/mol. The average molecular weight is 1740 g/mol. The number of aryl methyl sites for hydroxylation is 4. The normalized spacial score (nSPS) is 41.2. The van der Waals surface area contributed by atoms with Crippen LogP contribution in [-0.2, 0) is 63.6 Å². The van der Waals surface area contributed by atoms with Crippen molar-refractivity contribution in [1.29, 1.82) is 0 Å². The summed E-state index contributed by atoms with van der Waals surface area (Å²) in [5.74, 6) is -31.0. The molecule has 0 aliphatic carbocycles. The molecule has 4 aromatic carbocycles. The lowest BCUT2D eigenvalue weighted by Gasteiger charge is -2.47. The van der Waals surface area contributed by atoms with Crippen LogP contribution in [0.2, 0.25) is 0 Å². The van der Waals surface area contributed by atoms with Crippen molar-refractivity contribution in [2.75, 3.05) is 109 Å². The molecule has 120 heavy (non-hydrogen) atoms. The number of hydrogen-bond acceptors (Lipinski definition) is 24. The highest BCUT2D eigenvalue weighted by Crippen LogP contribution is 2.50. The Morgan fingerprint density at radius 3 is 0.725 bits per heavy atom. The zero-order valence-electron chi connectivity index (χ0n) is 133. The third-order valence-electron chi connectivity index (χ3n) is 21.0. The minimum Gasteiger partial charge on any atom is -0.493 e. The molecule has 0 aromatic heterocycles. The van der Waals surface area contributed by atoms with Gasteiger partial charge in [0.2, 0.25) is 0 Å². The molecule has 8 N–H and O–H groups in total. The first-order chi connectivity index (χ1) is 81.5. The molecule has 8 heterocycles. The lowest BCUT2D eigenvalue weighted by molar-refractivity contribution is -0.161. The second-order valence-corrected chi connectivity index (χ2v) is 31.1. The third-order valence-corrected chi connectivity index (χ3v) is 21.0. The fourth-order valence-electron chi connectivity index (χ4n) is 15.4. The molecule has 24 heteroatoms. The van der Waals surface area contributed by atoms with Crippen molar-refractivity contribution >= 4 is 23.9 Å². The molecular formula is C96H152N8O16. The number of rotatable bonds is 28. The summed E-state index contributed by atoms with van der Waals surface area (Å²) in [6.45, 7) is -29.0. The number of methoxy groups -OCH3 is 8. The van der Waals surface area contributed by atoms with Crippen molar-refractivity contribution in [1.82, 2.24) is 19.6 Å². The van der Waals surface area contributed by atoms with Crippen LogP contribution < -0.4 is 60.8 Å². The Morgan fingerprint density at radius 2 is 0.542 bits per heavy atom. The Labute approximate surface area is 808 Å². The summed E-state index contributed by atoms with van der Waals surface area (Å²) < 4.78 is 582. The largest absolute Gasteiger partial charge is 0.493 e. The van der Waals surface area contributed by atoms with E-state index in [-0.39, 0.29) is 124 Å². The summed E-state index contributed by atoms with van der Waals surface area (Å²) in [5, 5.41) is 0. The molecule has 0 amide bonds. The van der Waals surface area contributed by atoms with E-state index in [4.69, 9.17) is 162 Å². The zero-order valence-corrected chi connectivity index (χ0v) is 68.7. The van der Waals surface area contributed by atoms with Gasteiger partial charge in [-0.1, -0.05) is 110 Å². The van der Waals surface area contributed by atoms with Gasteiger partial charge in [-0.3, -0.25) is 38.8 Å². The molecule has 672 valence electrons. The monoisotopic (exact) mass is 1740 g/mol. The number of nitrogens with two attached hydrogens (primary N) is 4. The number of carbonyl (C=O) groups excluding carboxylic acids is 4. The number of benzene rings is 4. The van der Waals surface area contributed by atoms with Gasteiger partial charge in [-0.05, 0) is 191 Å². The van der Waals surface area contributed by atoms with Crippen molar-refractivity contribution in [2.24, 2.45) is 93.9 Å². The number of hydrogen-bond donors (Lipinski definition) is 4. The zero-order chi connectivity index (χ0) is 143. The van der Waals surface area contributed by atoms with Gasteiger partial charge in [0.1, 0.15) is 48.4 Å². The molecule has 24 nitrogen and oxygen atoms in total. The number of piperidine rings is 4. The number of ether oxygens (including phenoxy) is 12. The van der Waals surface area contributed by atoms with Gasteiger partial charge in [-0.25, -0.2) is 0 Å². The van der Waals surface area contributed by atoms with Crippen LogP contribution in [0.3, 0.4) is 0 Å². The molecule has 16 atom stereocenters. The summed E-state index contributed by atoms with van der Waals surface area (Å²) in [6.07, 6.45) is -22.9. The van der Waals surface area contributed by atoms with Gasteiger partial charge in [-0.15, -0.1) is 0 Å². The van der Waals surface area contributed by atoms with E-state index in [0.29, 0.717) is 0 Å². The van der Waals surface area contributed by atoms with Crippen LogP contribution in [0.5, 0.6) is 46.0 Å². The van der Waals surface area contributed by atoms with Crippen molar-refractivity contribution < 1.29 is 164 Å². The van der Waals surface area contributed by atoms with Crippen LogP contribution in [0.4, 0.5) is 0 Å². The first-order valence-corrected chi connectivity index (χ1v) is 38.4. The highest BCUT2D eigenvalue weighted by molar-refractivity contribution is 5.77. The van der Waals surface area contributed by atoms with Crippen molar-refractivity contribution in [3.8, 4) is 46.0 Å². The molecule has 4 saturated heterocycles. The molecule has 8 aliphatic heterocycles. The van der Waals surface area contributed by atoms with Gasteiger partial charge >= 0.3 is 23.9 Å². The Hall–Kier alpha value is -7.16. The maximum Gasteiger partial charge on any atom is 0.323 e. The van der Waals surface area contributed by atoms with E-state index in [9.17, 15) is 24.7 Å². The van der Waals surface area contributed by atoms with E-state index >= 15 is 0 Å². The van der Waals surface area contributed by atoms with Gasteiger partial charge in [0, 0.05) is 186 Å². The molecule has 4 fully saturated rings. The molecular weight excluding hydrogens is 1520 g/mol. The molecule has 4 aromatic rings. The van der Waals surface area contributed by atoms with E-state index in [0.717, 1.165) is 45.0 Å². The molecule has 0 spiro atoms. The highest BCUT2D eigenvalue weighted by atomic mass is 16.6. The van der Waals surface area contributed by atoms with E-state index < -0.39 is 346 Å². The molecule has 12 rings (SSSR count). The molecule has 8 aliphatic rings. The average Bonchev–Trinajstić information content (AvgIpc) is 0.697. The second kappa shape index (κ2) is 43.9. The standard InChI is InChI=1S/4C24H38N2O4/c4*1-14(2)9-17-13-26-8-7-16-10-21(28-5)22(29-6)11-18(16)19(26)12-20(17)30-24(27)23(25)15(3)4/h4*10-11,14-15,17,19-20,23H,7-9,12-13,25H2,1-6H3/t4*17?,19?,20?,23-/m0000/s1/i3D3,4D3,5D3,6D3,7D2,8D2,15D,20D,23D;3D3,4D3,6D3,7D2,8D2,15D,20D,23D;3D3,4D3,5D3,7D2,8D2,15D,20D,23D;3D3,4D3,7D2,8D2,15D,20D,23D. The van der Waals surface area contributed by atoms with Gasteiger partial charge in [-0.2, -0.15) is 0 Å². The van der Waals surface area contributed by atoms with Crippen LogP contribution in [-0.4, -0.2) is 201 Å². The fourth-order valence-corrected chi connectivity index (χ4v) is 15.4. The van der Waals surface area contributed by atoms with E-state index in [1.807, 2.05) is 0 Å². The topological polar surface area (TPSA) is 296 Å². The maximum absolute atomic E-state index is 13.6. The maximum atomic E-state index is 13.6. The Kier molecular flexibility index (Phi) is 15.1. The van der Waals surface area contributed by atoms with Gasteiger partial charge < -0.3 is 79.8 Å². The minimum atomic E-state index is -3.94. The number of carbonyl (C=O) groups is 4. The summed E-state index contributed by atoms with van der Waals surface area (Å²) in [6, 6.07) is -11.2. The summed E-state index contributed by atoms with van der Waals surface area (Å²) in [5.41, 5.74) is 21.7. The lowest BCUT2D eigenvalue weighted by atomic mass is 9.79. The highest BCUT2D eigenvalue weighted by Gasteiger charge is 2.47. The van der Waals surface area contributed by atoms with Crippen LogP contribution in [0, 0.1) is 70.9 Å². The molecule has 12 unspecified atom stereocenters. The van der Waals surface area contributed by atoms with Crippen LogP contribution in [0.25, 0.3) is 0 Å². The molecule has 0 saturated carbocycles. The van der Waals surface area contributed by atoms with Gasteiger partial charge in [0.05, 0.1) is 84.0 Å². The summed E-state index contributed by atoms with van der Waals surface area (Å²) in [4.78, 5) is 58.6. The van der Waals surface area contributed by atoms with Gasteiger partial charge in [0.15, 0.2) is 46.0 Å². The summed E-state index contributed by atoms with van der Waals surface area (Å²) in [7, 11) is -7.27. The van der Waals surface area contributed by atoms with E-state index in [1.165, 1.54) is 51.5 Å². The smallest absolute Gasteiger partial charge is 0.323 e. The van der Waals surface area contributed by atoms with Crippen molar-refractivity contribution in [3.63, 3.8) is 0 Å². The quantitative estimate of drug-likeness (QED) is 0.0303. The SMILES string of the molecule is [2H]C([2H])([2H])Oc1cc2c(cc1OC([2H])([2H])[2H])C([2H])([2H])C([2H])([2H])N1CC(CC(C)C)C([2H])(OC(=O)[C@@]([2H])(N)C([2H])(C([2H])([2H])[2H])C([2H])([2H])[2H])CC21.[2H]C([2H])([2H])Oc1cc2c(cc1OC)C([2H])([2H])C([2H])([2H])N1CC(CC(C)C)C([2H])(OC(=O)[C@@]([2H])(N)C([2H])(C([2H])([2H])[2H])C([2H])([2H])[2H])CC21.[2H]C([2H])([2H])Oc1cc2c(cc1OC)C1CC([2H])(OC(=O)[C@@]([2H])(N)C([2H])(C([2H])([2H])[2H])C([2H])([2H])[2H])C(CC(C)C)CN1C([2H])([2H])C2([2H])[2H].[2H]C1(OC(=O)[C@@]([2H])(N)C([2H])(C([2H])([2H])[2H])C([2H])([2H])[2H])CC2c3cc(OC)c(OC)cc3C([2H])([2H])C([2H])([2H])N2CC1CC(C)C.